The van der Waals surface area contributed by atoms with Crippen molar-refractivity contribution in [2.75, 3.05) is 45.8 Å². The minimum absolute atomic E-state index is 0.0677. The minimum Gasteiger partial charge on any atom is -0.379 e. The molecule has 2 heterocycles. The second-order valence-electron chi connectivity index (χ2n) is 5.97. The summed E-state index contributed by atoms with van der Waals surface area (Å²) in [6.07, 6.45) is 6.57. The molecule has 1 fully saturated rings. The van der Waals surface area contributed by atoms with E-state index in [1.54, 1.807) is 6.33 Å². The molecule has 0 aromatic carbocycles. The normalized spacial score (nSPS) is 22.0. The van der Waals surface area contributed by atoms with E-state index in [0.717, 1.165) is 38.2 Å². The van der Waals surface area contributed by atoms with Gasteiger partial charge in [-0.25, -0.2) is 9.97 Å². The van der Waals surface area contributed by atoms with E-state index in [9.17, 15) is 0 Å². The fraction of sp³-hybridized carbons (Fsp3) is 0.750. The van der Waals surface area contributed by atoms with Gasteiger partial charge in [0.2, 0.25) is 0 Å². The van der Waals surface area contributed by atoms with Crippen LogP contribution in [-0.4, -0.2) is 67.5 Å². The summed E-state index contributed by atoms with van der Waals surface area (Å²) in [5.74, 6) is 0.935. The summed E-state index contributed by atoms with van der Waals surface area (Å²) in [7, 11) is 4.10. The first kappa shape index (κ1) is 17.1. The number of anilines is 1. The molecule has 1 aliphatic heterocycles. The van der Waals surface area contributed by atoms with Gasteiger partial charge >= 0.3 is 0 Å². The summed E-state index contributed by atoms with van der Waals surface area (Å²) in [5.41, 5.74) is 1.17. The Morgan fingerprint density at radius 3 is 3.09 bits per heavy atom. The molecule has 2 atom stereocenters. The molecule has 0 aliphatic carbocycles. The van der Waals surface area contributed by atoms with E-state index in [0.29, 0.717) is 13.2 Å². The summed E-state index contributed by atoms with van der Waals surface area (Å²) >= 11 is 0. The second-order valence-corrected chi connectivity index (χ2v) is 5.97. The first-order chi connectivity index (χ1) is 10.7. The Balaban J connectivity index is 1.96. The van der Waals surface area contributed by atoms with Crippen molar-refractivity contribution in [1.29, 1.82) is 0 Å². The molecule has 6 nitrogen and oxygen atoms in total. The van der Waals surface area contributed by atoms with Gasteiger partial charge in [-0.3, -0.25) is 0 Å². The predicted octanol–water partition coefficient (Wildman–Crippen LogP) is 1.58. The SMILES string of the molecule is CCCc1cncnc1N[C@H]1CCOC[C@@H]1OCCN(C)C. The Hall–Kier alpha value is -1.24. The number of nitrogens with zero attached hydrogens (tertiary/aromatic N) is 3. The zero-order chi connectivity index (χ0) is 15.8. The van der Waals surface area contributed by atoms with Gasteiger partial charge in [0, 0.05) is 24.9 Å². The fourth-order valence-corrected chi connectivity index (χ4v) is 2.54. The van der Waals surface area contributed by atoms with Gasteiger partial charge < -0.3 is 19.7 Å². The smallest absolute Gasteiger partial charge is 0.132 e. The third kappa shape index (κ3) is 5.19. The number of aryl methyl sites for hydroxylation is 1. The van der Waals surface area contributed by atoms with Crippen molar-refractivity contribution in [2.45, 2.75) is 38.3 Å². The van der Waals surface area contributed by atoms with Gasteiger partial charge in [0.1, 0.15) is 18.2 Å². The monoisotopic (exact) mass is 308 g/mol. The van der Waals surface area contributed by atoms with Crippen LogP contribution in [0.4, 0.5) is 5.82 Å². The highest BCUT2D eigenvalue weighted by atomic mass is 16.5. The third-order valence-electron chi connectivity index (χ3n) is 3.80. The topological polar surface area (TPSA) is 59.5 Å². The quantitative estimate of drug-likeness (QED) is 0.787. The molecule has 1 saturated heterocycles. The van der Waals surface area contributed by atoms with Crippen LogP contribution in [0.5, 0.6) is 0 Å². The molecule has 0 bridgehead atoms. The molecule has 124 valence electrons. The molecule has 1 aliphatic rings. The third-order valence-corrected chi connectivity index (χ3v) is 3.80. The average Bonchev–Trinajstić information content (AvgIpc) is 2.51. The Morgan fingerprint density at radius 1 is 1.45 bits per heavy atom. The molecule has 0 saturated carbocycles. The largest absolute Gasteiger partial charge is 0.379 e. The first-order valence-electron chi connectivity index (χ1n) is 8.10. The zero-order valence-electron chi connectivity index (χ0n) is 13.9. The van der Waals surface area contributed by atoms with Crippen molar-refractivity contribution >= 4 is 5.82 Å². The van der Waals surface area contributed by atoms with Crippen molar-refractivity contribution < 1.29 is 9.47 Å². The van der Waals surface area contributed by atoms with Gasteiger partial charge in [0.05, 0.1) is 19.3 Å². The van der Waals surface area contributed by atoms with E-state index in [-0.39, 0.29) is 12.1 Å². The predicted molar refractivity (Wildman–Crippen MR) is 87.2 cm³/mol. The summed E-state index contributed by atoms with van der Waals surface area (Å²) in [6.45, 7) is 5.19. The van der Waals surface area contributed by atoms with Crippen molar-refractivity contribution in [1.82, 2.24) is 14.9 Å². The van der Waals surface area contributed by atoms with Crippen molar-refractivity contribution in [3.8, 4) is 0 Å². The van der Waals surface area contributed by atoms with Crippen molar-refractivity contribution in [3.63, 3.8) is 0 Å². The fourth-order valence-electron chi connectivity index (χ4n) is 2.54. The number of hydrogen-bond donors (Lipinski definition) is 1. The maximum Gasteiger partial charge on any atom is 0.132 e. The van der Waals surface area contributed by atoms with Gasteiger partial charge in [-0.05, 0) is 26.9 Å². The Labute approximate surface area is 133 Å². The Bertz CT molecular complexity index is 442. The lowest BCUT2D eigenvalue weighted by atomic mass is 10.1. The number of likely N-dealkylation sites (N-methyl/N-ethyl adjacent to an activating group) is 1. The molecule has 1 aromatic rings. The number of nitrogens with one attached hydrogen (secondary N) is 1. The summed E-state index contributed by atoms with van der Waals surface area (Å²) in [4.78, 5) is 10.7. The molecule has 0 spiro atoms. The lowest BCUT2D eigenvalue weighted by Gasteiger charge is -2.33. The minimum atomic E-state index is 0.0677. The number of hydrogen-bond acceptors (Lipinski definition) is 6. The lowest BCUT2D eigenvalue weighted by molar-refractivity contribution is -0.0592. The molecule has 0 radical (unpaired) electrons. The molecule has 2 rings (SSSR count). The first-order valence-corrected chi connectivity index (χ1v) is 8.10. The number of aromatic nitrogens is 2. The molecule has 22 heavy (non-hydrogen) atoms. The van der Waals surface area contributed by atoms with E-state index in [2.05, 4.69) is 27.1 Å². The molecular weight excluding hydrogens is 280 g/mol. The van der Waals surface area contributed by atoms with E-state index >= 15 is 0 Å². The highest BCUT2D eigenvalue weighted by Gasteiger charge is 2.27. The van der Waals surface area contributed by atoms with Gasteiger partial charge in [0.15, 0.2) is 0 Å². The highest BCUT2D eigenvalue weighted by molar-refractivity contribution is 5.43. The van der Waals surface area contributed by atoms with Crippen molar-refractivity contribution in [3.05, 3.63) is 18.1 Å². The Morgan fingerprint density at radius 2 is 2.32 bits per heavy atom. The number of rotatable bonds is 8. The number of ether oxygens (including phenoxy) is 2. The second kappa shape index (κ2) is 9.02. The van der Waals surface area contributed by atoms with Crippen LogP contribution in [0.2, 0.25) is 0 Å². The van der Waals surface area contributed by atoms with Crippen LogP contribution in [0.3, 0.4) is 0 Å². The molecular formula is C16H28N4O2. The van der Waals surface area contributed by atoms with Crippen LogP contribution >= 0.6 is 0 Å². The summed E-state index contributed by atoms with van der Waals surface area (Å²) < 4.78 is 11.6. The summed E-state index contributed by atoms with van der Waals surface area (Å²) in [5, 5.41) is 3.55. The van der Waals surface area contributed by atoms with Gasteiger partial charge in [0.25, 0.3) is 0 Å². The van der Waals surface area contributed by atoms with Gasteiger partial charge in [-0.2, -0.15) is 0 Å². The lowest BCUT2D eigenvalue weighted by Crippen LogP contribution is -2.44. The maximum atomic E-state index is 6.01. The standard InChI is InChI=1S/C16H28N4O2/c1-4-5-13-10-17-12-18-16(13)19-14-6-8-21-11-15(14)22-9-7-20(2)3/h10,12,14-15H,4-9,11H2,1-3H3,(H,17,18,19)/t14-,15-/m0/s1. The van der Waals surface area contributed by atoms with Gasteiger partial charge in [-0.15, -0.1) is 0 Å². The van der Waals surface area contributed by atoms with Crippen molar-refractivity contribution in [2.24, 2.45) is 0 Å². The molecule has 0 amide bonds. The van der Waals surface area contributed by atoms with Crippen LogP contribution < -0.4 is 5.32 Å². The van der Waals surface area contributed by atoms with E-state index < -0.39 is 0 Å². The van der Waals surface area contributed by atoms with Crippen LogP contribution in [-0.2, 0) is 15.9 Å². The van der Waals surface area contributed by atoms with Crippen LogP contribution in [0, 0.1) is 0 Å². The molecule has 1 aromatic heterocycles. The maximum absolute atomic E-state index is 6.01. The van der Waals surface area contributed by atoms with Crippen LogP contribution in [0.25, 0.3) is 0 Å². The summed E-state index contributed by atoms with van der Waals surface area (Å²) in [6, 6.07) is 0.237. The van der Waals surface area contributed by atoms with E-state index in [1.165, 1.54) is 5.56 Å². The molecule has 6 heteroatoms. The highest BCUT2D eigenvalue weighted by Crippen LogP contribution is 2.19. The van der Waals surface area contributed by atoms with E-state index in [1.807, 2.05) is 20.3 Å². The van der Waals surface area contributed by atoms with Gasteiger partial charge in [-0.1, -0.05) is 13.3 Å². The Kier molecular flexibility index (Phi) is 7.02. The average molecular weight is 308 g/mol. The molecule has 0 unspecified atom stereocenters. The van der Waals surface area contributed by atoms with Crippen LogP contribution in [0.1, 0.15) is 25.3 Å². The zero-order valence-corrected chi connectivity index (χ0v) is 13.9. The molecule has 1 N–H and O–H groups in total. The van der Waals surface area contributed by atoms with Crippen LogP contribution in [0.15, 0.2) is 12.5 Å². The van der Waals surface area contributed by atoms with E-state index in [4.69, 9.17) is 9.47 Å².